The van der Waals surface area contributed by atoms with E-state index in [1.165, 1.54) is 0 Å². The fraction of sp³-hybridized carbons (Fsp3) is 0.778. The molecule has 1 heterocycles. The van der Waals surface area contributed by atoms with Crippen molar-refractivity contribution in [3.8, 4) is 0 Å². The fourth-order valence-corrected chi connectivity index (χ4v) is 1.63. The van der Waals surface area contributed by atoms with E-state index in [1.54, 1.807) is 0 Å². The quantitative estimate of drug-likeness (QED) is 0.531. The van der Waals surface area contributed by atoms with Crippen LogP contribution >= 0.6 is 0 Å². The summed E-state index contributed by atoms with van der Waals surface area (Å²) in [7, 11) is 0. The maximum absolute atomic E-state index is 11.6. The predicted octanol–water partition coefficient (Wildman–Crippen LogP) is -1.24. The average Bonchev–Trinajstić information content (AvgIpc) is 2.80. The molecule has 2 aliphatic rings. The number of nitrogens with one attached hydrogen (secondary N) is 2. The van der Waals surface area contributed by atoms with E-state index in [0.29, 0.717) is 6.54 Å². The van der Waals surface area contributed by atoms with Gasteiger partial charge in [0.05, 0.1) is 18.1 Å². The van der Waals surface area contributed by atoms with Crippen LogP contribution in [-0.4, -0.2) is 35.6 Å². The second-order valence-electron chi connectivity index (χ2n) is 4.13. The number of hydrogen-bond donors (Lipinski definition) is 3. The predicted molar refractivity (Wildman–Crippen MR) is 48.3 cm³/mol. The molecule has 0 aromatic rings. The minimum absolute atomic E-state index is 0.00711. The minimum Gasteiger partial charge on any atom is -0.394 e. The van der Waals surface area contributed by atoms with Crippen molar-refractivity contribution in [1.29, 1.82) is 0 Å². The van der Waals surface area contributed by atoms with Crippen LogP contribution in [-0.2, 0) is 9.59 Å². The molecule has 2 rings (SSSR count). The van der Waals surface area contributed by atoms with Crippen molar-refractivity contribution < 1.29 is 14.7 Å². The van der Waals surface area contributed by atoms with Crippen molar-refractivity contribution in [1.82, 2.24) is 10.6 Å². The highest BCUT2D eigenvalue weighted by Gasteiger charge is 2.45. The van der Waals surface area contributed by atoms with Gasteiger partial charge in [-0.05, 0) is 12.8 Å². The first-order valence-corrected chi connectivity index (χ1v) is 4.85. The lowest BCUT2D eigenvalue weighted by atomic mass is 10.1. The summed E-state index contributed by atoms with van der Waals surface area (Å²) < 4.78 is 0. The smallest absolute Gasteiger partial charge is 0.225 e. The molecule has 0 aromatic carbocycles. The number of aliphatic hydroxyl groups is 1. The van der Waals surface area contributed by atoms with Crippen molar-refractivity contribution >= 4 is 11.8 Å². The third-order valence-electron chi connectivity index (χ3n) is 2.89. The second kappa shape index (κ2) is 3.24. The zero-order chi connectivity index (χ0) is 10.2. The largest absolute Gasteiger partial charge is 0.394 e. The summed E-state index contributed by atoms with van der Waals surface area (Å²) in [5.74, 6) is -0.444. The minimum atomic E-state index is -0.372. The zero-order valence-electron chi connectivity index (χ0n) is 7.88. The van der Waals surface area contributed by atoms with Crippen LogP contribution in [0.5, 0.6) is 0 Å². The van der Waals surface area contributed by atoms with Crippen molar-refractivity contribution in [3.63, 3.8) is 0 Å². The van der Waals surface area contributed by atoms with Gasteiger partial charge in [0.25, 0.3) is 0 Å². The lowest BCUT2D eigenvalue weighted by molar-refractivity contribution is -0.127. The maximum Gasteiger partial charge on any atom is 0.225 e. The number of carbonyl (C=O) groups excluding carboxylic acids is 2. The van der Waals surface area contributed by atoms with E-state index in [-0.39, 0.29) is 36.3 Å². The molecule has 0 spiro atoms. The molecule has 0 aromatic heterocycles. The molecule has 1 aliphatic carbocycles. The molecule has 5 heteroatoms. The highest BCUT2D eigenvalue weighted by molar-refractivity contribution is 5.89. The molecular formula is C9H14N2O3. The van der Waals surface area contributed by atoms with Gasteiger partial charge < -0.3 is 15.7 Å². The number of rotatable bonds is 3. The van der Waals surface area contributed by atoms with Gasteiger partial charge in [0, 0.05) is 13.0 Å². The van der Waals surface area contributed by atoms with E-state index >= 15 is 0 Å². The Hall–Kier alpha value is -1.10. The highest BCUT2D eigenvalue weighted by atomic mass is 16.3. The van der Waals surface area contributed by atoms with Gasteiger partial charge in [0.2, 0.25) is 11.8 Å². The molecule has 5 nitrogen and oxygen atoms in total. The van der Waals surface area contributed by atoms with Gasteiger partial charge in [0.1, 0.15) is 0 Å². The van der Waals surface area contributed by atoms with Crippen LogP contribution in [0, 0.1) is 5.92 Å². The molecule has 0 radical (unpaired) electrons. The molecule has 1 unspecified atom stereocenters. The van der Waals surface area contributed by atoms with Crippen molar-refractivity contribution in [2.45, 2.75) is 24.8 Å². The third kappa shape index (κ3) is 1.72. The average molecular weight is 198 g/mol. The Morgan fingerprint density at radius 2 is 2.36 bits per heavy atom. The van der Waals surface area contributed by atoms with Gasteiger partial charge in [-0.3, -0.25) is 9.59 Å². The van der Waals surface area contributed by atoms with Crippen LogP contribution in [0.4, 0.5) is 0 Å². The normalized spacial score (nSPS) is 28.4. The van der Waals surface area contributed by atoms with E-state index < -0.39 is 0 Å². The van der Waals surface area contributed by atoms with Crippen LogP contribution in [0.25, 0.3) is 0 Å². The second-order valence-corrected chi connectivity index (χ2v) is 4.13. The lowest BCUT2D eigenvalue weighted by Gasteiger charge is -2.16. The van der Waals surface area contributed by atoms with Crippen LogP contribution in [0.2, 0.25) is 0 Å². The molecule has 3 N–H and O–H groups in total. The number of amides is 2. The summed E-state index contributed by atoms with van der Waals surface area (Å²) in [6, 6.07) is 0. The number of carbonyl (C=O) groups is 2. The van der Waals surface area contributed by atoms with Crippen molar-refractivity contribution in [2.75, 3.05) is 13.2 Å². The van der Waals surface area contributed by atoms with Gasteiger partial charge in [-0.15, -0.1) is 0 Å². The summed E-state index contributed by atoms with van der Waals surface area (Å²) in [4.78, 5) is 22.5. The molecule has 1 atom stereocenters. The summed E-state index contributed by atoms with van der Waals surface area (Å²) >= 11 is 0. The Morgan fingerprint density at radius 3 is 2.79 bits per heavy atom. The standard InChI is InChI=1S/C9H14N2O3/c12-5-9(1-2-9)11-8(14)6-3-7(13)10-4-6/h6,12H,1-5H2,(H,10,13)(H,11,14). The van der Waals surface area contributed by atoms with E-state index in [9.17, 15) is 9.59 Å². The van der Waals surface area contributed by atoms with Crippen molar-refractivity contribution in [3.05, 3.63) is 0 Å². The van der Waals surface area contributed by atoms with Gasteiger partial charge in [-0.2, -0.15) is 0 Å². The van der Waals surface area contributed by atoms with Gasteiger partial charge in [0.15, 0.2) is 0 Å². The Labute approximate surface area is 81.9 Å². The Balaban J connectivity index is 1.87. The van der Waals surface area contributed by atoms with Gasteiger partial charge >= 0.3 is 0 Å². The van der Waals surface area contributed by atoms with Gasteiger partial charge in [-0.1, -0.05) is 0 Å². The topological polar surface area (TPSA) is 78.4 Å². The zero-order valence-corrected chi connectivity index (χ0v) is 7.88. The molecule has 0 bridgehead atoms. The van der Waals surface area contributed by atoms with Crippen LogP contribution in [0.1, 0.15) is 19.3 Å². The molecule has 1 aliphatic heterocycles. The molecular weight excluding hydrogens is 184 g/mol. The first-order chi connectivity index (χ1) is 6.65. The summed E-state index contributed by atoms with van der Waals surface area (Å²) in [6.07, 6.45) is 1.94. The molecule has 2 amide bonds. The Bertz CT molecular complexity index is 273. The van der Waals surface area contributed by atoms with Crippen LogP contribution in [0.15, 0.2) is 0 Å². The summed E-state index contributed by atoms with van der Waals surface area (Å²) in [5.41, 5.74) is -0.372. The molecule has 2 fully saturated rings. The monoisotopic (exact) mass is 198 g/mol. The fourth-order valence-electron chi connectivity index (χ4n) is 1.63. The van der Waals surface area contributed by atoms with Gasteiger partial charge in [-0.25, -0.2) is 0 Å². The molecule has 1 saturated heterocycles. The highest BCUT2D eigenvalue weighted by Crippen LogP contribution is 2.35. The van der Waals surface area contributed by atoms with E-state index in [0.717, 1.165) is 12.8 Å². The first kappa shape index (κ1) is 9.45. The molecule has 14 heavy (non-hydrogen) atoms. The van der Waals surface area contributed by atoms with E-state index in [1.807, 2.05) is 0 Å². The van der Waals surface area contributed by atoms with Crippen molar-refractivity contribution in [2.24, 2.45) is 5.92 Å². The van der Waals surface area contributed by atoms with E-state index in [4.69, 9.17) is 5.11 Å². The lowest BCUT2D eigenvalue weighted by Crippen LogP contribution is -2.43. The summed E-state index contributed by atoms with van der Waals surface area (Å²) in [5, 5.41) is 14.4. The third-order valence-corrected chi connectivity index (χ3v) is 2.89. The first-order valence-electron chi connectivity index (χ1n) is 4.85. The Kier molecular flexibility index (Phi) is 2.19. The molecule has 1 saturated carbocycles. The number of aliphatic hydroxyl groups excluding tert-OH is 1. The van der Waals surface area contributed by atoms with E-state index in [2.05, 4.69) is 10.6 Å². The Morgan fingerprint density at radius 1 is 1.64 bits per heavy atom. The number of hydrogen-bond acceptors (Lipinski definition) is 3. The molecule has 78 valence electrons. The summed E-state index contributed by atoms with van der Waals surface area (Å²) in [6.45, 7) is 0.416. The van der Waals surface area contributed by atoms with Crippen LogP contribution < -0.4 is 10.6 Å². The SMILES string of the molecule is O=C1CC(C(=O)NC2(CO)CC2)CN1. The van der Waals surface area contributed by atoms with Crippen LogP contribution in [0.3, 0.4) is 0 Å². The maximum atomic E-state index is 11.6.